The number of rotatable bonds is 2. The van der Waals surface area contributed by atoms with Crippen molar-refractivity contribution in [2.45, 2.75) is 6.92 Å². The van der Waals surface area contributed by atoms with Gasteiger partial charge in [0, 0.05) is 11.4 Å². The van der Waals surface area contributed by atoms with Gasteiger partial charge in [-0.2, -0.15) is 0 Å². The van der Waals surface area contributed by atoms with Crippen molar-refractivity contribution in [3.63, 3.8) is 0 Å². The second-order valence-electron chi connectivity index (χ2n) is 1.78. The third kappa shape index (κ3) is 4.68. The van der Waals surface area contributed by atoms with Crippen molar-refractivity contribution in [2.24, 2.45) is 11.5 Å². The van der Waals surface area contributed by atoms with Crippen LogP contribution in [0.3, 0.4) is 0 Å². The fourth-order valence-electron chi connectivity index (χ4n) is 0.296. The lowest BCUT2D eigenvalue weighted by Gasteiger charge is -1.87. The molecule has 0 aliphatic heterocycles. The Hall–Kier alpha value is -1.18. The van der Waals surface area contributed by atoms with Crippen molar-refractivity contribution in [3.05, 3.63) is 36.2 Å². The van der Waals surface area contributed by atoms with Gasteiger partial charge in [-0.05, 0) is 25.2 Å². The zero-order valence-corrected chi connectivity index (χ0v) is 5.59. The van der Waals surface area contributed by atoms with Crippen LogP contribution in [0.5, 0.6) is 0 Å². The maximum absolute atomic E-state index is 5.36. The van der Waals surface area contributed by atoms with Crippen LogP contribution in [0.15, 0.2) is 36.2 Å². The zero-order chi connectivity index (χ0) is 7.28. The molecule has 2 nitrogen and oxygen atoms in total. The Morgan fingerprint density at radius 3 is 2.22 bits per heavy atom. The molecule has 0 heterocycles. The first kappa shape index (κ1) is 7.82. The van der Waals surface area contributed by atoms with Crippen LogP contribution < -0.4 is 11.5 Å². The van der Waals surface area contributed by atoms with Crippen molar-refractivity contribution in [3.8, 4) is 0 Å². The summed E-state index contributed by atoms with van der Waals surface area (Å²) in [5.74, 6) is 0. The molecule has 0 rings (SSSR count). The van der Waals surface area contributed by atoms with Crippen molar-refractivity contribution in [2.75, 3.05) is 0 Å². The molecule has 0 amide bonds. The minimum absolute atomic E-state index is 0.625. The number of nitrogens with two attached hydrogens (primary N) is 2. The number of allylic oxidation sites excluding steroid dienone is 4. The third-order valence-corrected chi connectivity index (χ3v) is 0.774. The Balaban J connectivity index is 3.98. The molecule has 0 spiro atoms. The molecule has 0 bridgehead atoms. The van der Waals surface area contributed by atoms with Crippen LogP contribution in [-0.4, -0.2) is 0 Å². The summed E-state index contributed by atoms with van der Waals surface area (Å²) in [4.78, 5) is 0. The maximum atomic E-state index is 5.36. The molecular formula is C7H12N2. The normalized spacial score (nSPS) is 13.4. The monoisotopic (exact) mass is 124 g/mol. The molecule has 0 saturated carbocycles. The maximum Gasteiger partial charge on any atom is 0.0308 e. The lowest BCUT2D eigenvalue weighted by atomic mass is 10.3. The summed E-state index contributed by atoms with van der Waals surface area (Å²) < 4.78 is 0. The van der Waals surface area contributed by atoms with Gasteiger partial charge in [-0.3, -0.25) is 0 Å². The van der Waals surface area contributed by atoms with Crippen LogP contribution in [0.4, 0.5) is 0 Å². The van der Waals surface area contributed by atoms with Gasteiger partial charge in [0.1, 0.15) is 0 Å². The molecule has 0 aliphatic rings. The largest absolute Gasteiger partial charge is 0.402 e. The highest BCUT2D eigenvalue weighted by molar-refractivity contribution is 5.20. The summed E-state index contributed by atoms with van der Waals surface area (Å²) in [6.07, 6.45) is 5.01. The first-order valence-electron chi connectivity index (χ1n) is 2.68. The number of hydrogen-bond acceptors (Lipinski definition) is 2. The molecule has 0 aromatic carbocycles. The predicted molar refractivity (Wildman–Crippen MR) is 40.4 cm³/mol. The first-order valence-corrected chi connectivity index (χ1v) is 2.68. The molecule has 4 N–H and O–H groups in total. The van der Waals surface area contributed by atoms with Gasteiger partial charge >= 0.3 is 0 Å². The molecule has 0 aliphatic carbocycles. The van der Waals surface area contributed by atoms with E-state index in [2.05, 4.69) is 6.58 Å². The zero-order valence-electron chi connectivity index (χ0n) is 5.59. The van der Waals surface area contributed by atoms with Crippen LogP contribution >= 0.6 is 0 Å². The molecule has 0 aromatic heterocycles. The standard InChI is InChI=1S/C7H12N2/c1-3-7(9)5-4-6(2)8/h3-5H,1,8-9H2,2H3/b6-4-,7-5+. The Bertz CT molecular complexity index is 150. The summed E-state index contributed by atoms with van der Waals surface area (Å²) in [7, 11) is 0. The molecule has 9 heavy (non-hydrogen) atoms. The van der Waals surface area contributed by atoms with E-state index in [0.29, 0.717) is 5.70 Å². The van der Waals surface area contributed by atoms with E-state index in [-0.39, 0.29) is 0 Å². The van der Waals surface area contributed by atoms with Gasteiger partial charge in [-0.25, -0.2) is 0 Å². The van der Waals surface area contributed by atoms with Gasteiger partial charge in [-0.1, -0.05) is 6.58 Å². The van der Waals surface area contributed by atoms with Crippen LogP contribution in [0.25, 0.3) is 0 Å². The highest BCUT2D eigenvalue weighted by atomic mass is 14.6. The van der Waals surface area contributed by atoms with Crippen molar-refractivity contribution < 1.29 is 0 Å². The van der Waals surface area contributed by atoms with Crippen LogP contribution in [0.1, 0.15) is 6.92 Å². The van der Waals surface area contributed by atoms with E-state index in [1.807, 2.05) is 0 Å². The van der Waals surface area contributed by atoms with E-state index < -0.39 is 0 Å². The Kier molecular flexibility index (Phi) is 3.28. The van der Waals surface area contributed by atoms with E-state index in [1.165, 1.54) is 0 Å². The molecule has 0 unspecified atom stereocenters. The highest BCUT2D eigenvalue weighted by Gasteiger charge is 1.75. The summed E-state index contributed by atoms with van der Waals surface area (Å²) in [5, 5.41) is 0. The minimum Gasteiger partial charge on any atom is -0.402 e. The van der Waals surface area contributed by atoms with Gasteiger partial charge in [0.05, 0.1) is 0 Å². The van der Waals surface area contributed by atoms with Gasteiger partial charge in [-0.15, -0.1) is 0 Å². The van der Waals surface area contributed by atoms with E-state index in [9.17, 15) is 0 Å². The average molecular weight is 124 g/mol. The molecule has 2 heteroatoms. The third-order valence-electron chi connectivity index (χ3n) is 0.774. The van der Waals surface area contributed by atoms with E-state index in [1.54, 1.807) is 25.2 Å². The SMILES string of the molecule is C=C/C(N)=C\C=C(\C)N. The molecule has 50 valence electrons. The molecule has 0 radical (unpaired) electrons. The van der Waals surface area contributed by atoms with Gasteiger partial charge in [0.2, 0.25) is 0 Å². The van der Waals surface area contributed by atoms with E-state index in [0.717, 1.165) is 5.70 Å². The van der Waals surface area contributed by atoms with Crippen molar-refractivity contribution in [1.29, 1.82) is 0 Å². The Morgan fingerprint density at radius 2 is 1.89 bits per heavy atom. The second kappa shape index (κ2) is 3.78. The van der Waals surface area contributed by atoms with Crippen molar-refractivity contribution >= 4 is 0 Å². The van der Waals surface area contributed by atoms with E-state index >= 15 is 0 Å². The average Bonchev–Trinajstić information content (AvgIpc) is 1.83. The molecule has 0 saturated heterocycles. The lowest BCUT2D eigenvalue weighted by Crippen LogP contribution is -1.93. The second-order valence-corrected chi connectivity index (χ2v) is 1.78. The Morgan fingerprint density at radius 1 is 1.33 bits per heavy atom. The molecular weight excluding hydrogens is 112 g/mol. The highest BCUT2D eigenvalue weighted by Crippen LogP contribution is 1.87. The topological polar surface area (TPSA) is 52.0 Å². The van der Waals surface area contributed by atoms with Crippen LogP contribution in [0, 0.1) is 0 Å². The van der Waals surface area contributed by atoms with Crippen molar-refractivity contribution in [1.82, 2.24) is 0 Å². The first-order chi connectivity index (χ1) is 4.16. The Labute approximate surface area is 55.5 Å². The lowest BCUT2D eigenvalue weighted by molar-refractivity contribution is 1.31. The smallest absolute Gasteiger partial charge is 0.0308 e. The van der Waals surface area contributed by atoms with Gasteiger partial charge < -0.3 is 11.5 Å². The predicted octanol–water partition coefficient (Wildman–Crippen LogP) is 0.878. The molecule has 0 fully saturated rings. The van der Waals surface area contributed by atoms with Gasteiger partial charge in [0.15, 0.2) is 0 Å². The summed E-state index contributed by atoms with van der Waals surface area (Å²) >= 11 is 0. The quantitative estimate of drug-likeness (QED) is 0.537. The number of hydrogen-bond donors (Lipinski definition) is 2. The molecule has 0 aromatic rings. The fraction of sp³-hybridized carbons (Fsp3) is 0.143. The van der Waals surface area contributed by atoms with E-state index in [4.69, 9.17) is 11.5 Å². The fourth-order valence-corrected chi connectivity index (χ4v) is 0.296. The molecule has 0 atom stereocenters. The minimum atomic E-state index is 0.625. The summed E-state index contributed by atoms with van der Waals surface area (Å²) in [6, 6.07) is 0. The van der Waals surface area contributed by atoms with Crippen LogP contribution in [-0.2, 0) is 0 Å². The van der Waals surface area contributed by atoms with Crippen LogP contribution in [0.2, 0.25) is 0 Å². The summed E-state index contributed by atoms with van der Waals surface area (Å²) in [6.45, 7) is 5.27. The summed E-state index contributed by atoms with van der Waals surface area (Å²) in [5.41, 5.74) is 12.0. The van der Waals surface area contributed by atoms with Gasteiger partial charge in [0.25, 0.3) is 0 Å².